The summed E-state index contributed by atoms with van der Waals surface area (Å²) in [5, 5.41) is 3.54. The maximum atomic E-state index is 5.44. The molecule has 3 rings (SSSR count). The van der Waals surface area contributed by atoms with Crippen molar-refractivity contribution in [2.75, 3.05) is 26.3 Å². The second kappa shape index (κ2) is 7.32. The molecule has 0 amide bonds. The molecule has 1 aromatic rings. The minimum absolute atomic E-state index is 0.623. The van der Waals surface area contributed by atoms with Gasteiger partial charge >= 0.3 is 0 Å². The summed E-state index contributed by atoms with van der Waals surface area (Å²) >= 11 is 0. The molecule has 4 nitrogen and oxygen atoms in total. The van der Waals surface area contributed by atoms with E-state index < -0.39 is 0 Å². The summed E-state index contributed by atoms with van der Waals surface area (Å²) in [6.07, 6.45) is 8.94. The Balaban J connectivity index is 1.57. The fourth-order valence-corrected chi connectivity index (χ4v) is 3.38. The van der Waals surface area contributed by atoms with Gasteiger partial charge in [0.1, 0.15) is 5.82 Å². The van der Waals surface area contributed by atoms with Gasteiger partial charge in [0.2, 0.25) is 0 Å². The van der Waals surface area contributed by atoms with Gasteiger partial charge in [0.05, 0.1) is 0 Å². The second-order valence-corrected chi connectivity index (χ2v) is 6.50. The highest BCUT2D eigenvalue weighted by molar-refractivity contribution is 5.21. The Morgan fingerprint density at radius 2 is 2.29 bits per heavy atom. The van der Waals surface area contributed by atoms with Crippen molar-refractivity contribution in [3.63, 3.8) is 0 Å². The summed E-state index contributed by atoms with van der Waals surface area (Å²) < 4.78 is 5.44. The number of hydrogen-bond donors (Lipinski definition) is 1. The Morgan fingerprint density at radius 3 is 3.10 bits per heavy atom. The van der Waals surface area contributed by atoms with E-state index in [-0.39, 0.29) is 0 Å². The Morgan fingerprint density at radius 1 is 1.33 bits per heavy atom. The van der Waals surface area contributed by atoms with E-state index in [2.05, 4.69) is 23.4 Å². The molecule has 1 aliphatic carbocycles. The summed E-state index contributed by atoms with van der Waals surface area (Å²) in [4.78, 5) is 9.42. The molecule has 2 heterocycles. The highest BCUT2D eigenvalue weighted by atomic mass is 16.5. The fourth-order valence-electron chi connectivity index (χ4n) is 3.38. The molecule has 2 atom stereocenters. The molecule has 2 aliphatic rings. The lowest BCUT2D eigenvalue weighted by Gasteiger charge is -2.24. The Bertz CT molecular complexity index is 457. The number of aryl methyl sites for hydroxylation is 1. The molecular weight excluding hydrogens is 262 g/mol. The van der Waals surface area contributed by atoms with Crippen LogP contribution in [0.15, 0.2) is 6.20 Å². The summed E-state index contributed by atoms with van der Waals surface area (Å²) in [6.45, 7) is 6.26. The van der Waals surface area contributed by atoms with Crippen LogP contribution < -0.4 is 5.32 Å². The van der Waals surface area contributed by atoms with Crippen LogP contribution in [0.3, 0.4) is 0 Å². The van der Waals surface area contributed by atoms with Crippen molar-refractivity contribution in [1.29, 1.82) is 0 Å². The van der Waals surface area contributed by atoms with E-state index in [4.69, 9.17) is 9.72 Å². The fraction of sp³-hybridized carbons (Fsp3) is 0.765. The molecule has 2 unspecified atom stereocenters. The minimum atomic E-state index is 0.623. The zero-order valence-corrected chi connectivity index (χ0v) is 13.1. The van der Waals surface area contributed by atoms with Crippen LogP contribution in [0, 0.1) is 11.8 Å². The number of nitrogens with zero attached hydrogens (tertiary/aromatic N) is 2. The molecule has 0 aromatic carbocycles. The van der Waals surface area contributed by atoms with Crippen molar-refractivity contribution < 1.29 is 4.74 Å². The van der Waals surface area contributed by atoms with E-state index >= 15 is 0 Å². The SMILES string of the molecule is CCCNCC1CCc2nc(CC3CCOC3)ncc2C1. The summed E-state index contributed by atoms with van der Waals surface area (Å²) in [6, 6.07) is 0. The quantitative estimate of drug-likeness (QED) is 0.815. The molecule has 0 saturated carbocycles. The number of hydrogen-bond acceptors (Lipinski definition) is 4. The average Bonchev–Trinajstić information content (AvgIpc) is 3.00. The zero-order valence-electron chi connectivity index (χ0n) is 13.1. The van der Waals surface area contributed by atoms with Gasteiger partial charge in [0, 0.05) is 31.5 Å². The molecule has 21 heavy (non-hydrogen) atoms. The van der Waals surface area contributed by atoms with E-state index in [0.717, 1.165) is 63.7 Å². The Kier molecular flexibility index (Phi) is 5.20. The van der Waals surface area contributed by atoms with Crippen LogP contribution in [0.5, 0.6) is 0 Å². The van der Waals surface area contributed by atoms with Crippen molar-refractivity contribution in [3.8, 4) is 0 Å². The molecule has 0 bridgehead atoms. The number of nitrogens with one attached hydrogen (secondary N) is 1. The van der Waals surface area contributed by atoms with Crippen LogP contribution in [-0.4, -0.2) is 36.3 Å². The van der Waals surface area contributed by atoms with Gasteiger partial charge in [-0.1, -0.05) is 6.92 Å². The highest BCUT2D eigenvalue weighted by Crippen LogP contribution is 2.24. The monoisotopic (exact) mass is 289 g/mol. The van der Waals surface area contributed by atoms with Gasteiger partial charge in [0.25, 0.3) is 0 Å². The van der Waals surface area contributed by atoms with Crippen LogP contribution in [0.1, 0.15) is 43.3 Å². The Labute approximate surface area is 127 Å². The predicted octanol–water partition coefficient (Wildman–Crippen LogP) is 2.16. The lowest BCUT2D eigenvalue weighted by Crippen LogP contribution is -2.28. The van der Waals surface area contributed by atoms with Crippen LogP contribution in [0.2, 0.25) is 0 Å². The number of fused-ring (bicyclic) bond motifs is 1. The summed E-state index contributed by atoms with van der Waals surface area (Å²) in [5.41, 5.74) is 2.67. The van der Waals surface area contributed by atoms with E-state index in [1.54, 1.807) is 0 Å². The average molecular weight is 289 g/mol. The van der Waals surface area contributed by atoms with Crippen molar-refractivity contribution in [1.82, 2.24) is 15.3 Å². The third-order valence-electron chi connectivity index (χ3n) is 4.66. The van der Waals surface area contributed by atoms with Crippen molar-refractivity contribution in [2.24, 2.45) is 11.8 Å². The molecule has 0 spiro atoms. The standard InChI is InChI=1S/C17H27N3O/c1-2-6-18-10-13-3-4-16-15(8-13)11-19-17(20-16)9-14-5-7-21-12-14/h11,13-14,18H,2-10,12H2,1H3. The van der Waals surface area contributed by atoms with Gasteiger partial charge in [-0.05, 0) is 62.6 Å². The van der Waals surface area contributed by atoms with Gasteiger partial charge in [-0.25, -0.2) is 9.97 Å². The number of ether oxygens (including phenoxy) is 1. The lowest BCUT2D eigenvalue weighted by atomic mass is 9.87. The van der Waals surface area contributed by atoms with Crippen LogP contribution in [0.4, 0.5) is 0 Å². The first-order valence-electron chi connectivity index (χ1n) is 8.47. The first kappa shape index (κ1) is 14.9. The molecule has 1 N–H and O–H groups in total. The maximum Gasteiger partial charge on any atom is 0.128 e. The van der Waals surface area contributed by atoms with E-state index in [1.165, 1.54) is 24.1 Å². The van der Waals surface area contributed by atoms with Crippen molar-refractivity contribution >= 4 is 0 Å². The molecule has 4 heteroatoms. The first-order valence-corrected chi connectivity index (χ1v) is 8.47. The van der Waals surface area contributed by atoms with Gasteiger partial charge < -0.3 is 10.1 Å². The van der Waals surface area contributed by atoms with Gasteiger partial charge in [-0.15, -0.1) is 0 Å². The van der Waals surface area contributed by atoms with E-state index in [0.29, 0.717) is 5.92 Å². The molecule has 1 saturated heterocycles. The van der Waals surface area contributed by atoms with Crippen molar-refractivity contribution in [3.05, 3.63) is 23.3 Å². The van der Waals surface area contributed by atoms with E-state index in [1.807, 2.05) is 0 Å². The molecule has 1 aliphatic heterocycles. The van der Waals surface area contributed by atoms with Gasteiger partial charge in [-0.2, -0.15) is 0 Å². The lowest BCUT2D eigenvalue weighted by molar-refractivity contribution is 0.185. The normalized spacial score (nSPS) is 25.0. The van der Waals surface area contributed by atoms with Crippen LogP contribution >= 0.6 is 0 Å². The smallest absolute Gasteiger partial charge is 0.128 e. The third kappa shape index (κ3) is 4.01. The minimum Gasteiger partial charge on any atom is -0.381 e. The molecular formula is C17H27N3O. The second-order valence-electron chi connectivity index (χ2n) is 6.50. The zero-order chi connectivity index (χ0) is 14.5. The largest absolute Gasteiger partial charge is 0.381 e. The maximum absolute atomic E-state index is 5.44. The molecule has 1 aromatic heterocycles. The highest BCUT2D eigenvalue weighted by Gasteiger charge is 2.22. The molecule has 1 fully saturated rings. The number of aromatic nitrogens is 2. The van der Waals surface area contributed by atoms with Crippen LogP contribution in [0.25, 0.3) is 0 Å². The predicted molar refractivity (Wildman–Crippen MR) is 83.3 cm³/mol. The van der Waals surface area contributed by atoms with Crippen LogP contribution in [-0.2, 0) is 24.0 Å². The first-order chi connectivity index (χ1) is 10.3. The number of rotatable bonds is 6. The van der Waals surface area contributed by atoms with Gasteiger partial charge in [0.15, 0.2) is 0 Å². The topological polar surface area (TPSA) is 47.0 Å². The summed E-state index contributed by atoms with van der Waals surface area (Å²) in [7, 11) is 0. The summed E-state index contributed by atoms with van der Waals surface area (Å²) in [5.74, 6) is 2.39. The van der Waals surface area contributed by atoms with E-state index in [9.17, 15) is 0 Å². The van der Waals surface area contributed by atoms with Crippen molar-refractivity contribution in [2.45, 2.75) is 45.4 Å². The van der Waals surface area contributed by atoms with Gasteiger partial charge in [-0.3, -0.25) is 0 Å². The Hall–Kier alpha value is -1.00. The molecule has 116 valence electrons. The molecule has 0 radical (unpaired) electrons. The third-order valence-corrected chi connectivity index (χ3v) is 4.66.